The summed E-state index contributed by atoms with van der Waals surface area (Å²) in [5.41, 5.74) is 0.464. The summed E-state index contributed by atoms with van der Waals surface area (Å²) in [4.78, 5) is 29.7. The van der Waals surface area contributed by atoms with E-state index in [0.717, 1.165) is 10.8 Å². The van der Waals surface area contributed by atoms with Gasteiger partial charge in [-0.05, 0) is 39.1 Å². The summed E-state index contributed by atoms with van der Waals surface area (Å²) in [6.07, 6.45) is 1.29. The molecule has 2 aromatic carbocycles. The van der Waals surface area contributed by atoms with Crippen molar-refractivity contribution in [3.8, 4) is 17.3 Å². The summed E-state index contributed by atoms with van der Waals surface area (Å²) >= 11 is 6.48. The van der Waals surface area contributed by atoms with Gasteiger partial charge in [-0.15, -0.1) is 0 Å². The lowest BCUT2D eigenvalue weighted by atomic mass is 10.0. The van der Waals surface area contributed by atoms with Crippen LogP contribution in [0.15, 0.2) is 42.6 Å². The van der Waals surface area contributed by atoms with E-state index in [4.69, 9.17) is 21.6 Å². The van der Waals surface area contributed by atoms with E-state index in [-0.39, 0.29) is 17.3 Å². The summed E-state index contributed by atoms with van der Waals surface area (Å²) in [7, 11) is 0. The van der Waals surface area contributed by atoms with Crippen LogP contribution in [0.3, 0.4) is 0 Å². The van der Waals surface area contributed by atoms with Crippen LogP contribution in [0.4, 0.5) is 15.0 Å². The average molecular weight is 579 g/mol. The number of amides is 1. The molecule has 8 nitrogen and oxygen atoms in total. The van der Waals surface area contributed by atoms with Crippen LogP contribution in [0.2, 0.25) is 5.02 Å². The fourth-order valence-electron chi connectivity index (χ4n) is 4.50. The van der Waals surface area contributed by atoms with Crippen molar-refractivity contribution in [2.75, 3.05) is 31.1 Å². The first-order chi connectivity index (χ1) is 19.5. The molecule has 0 aliphatic carbocycles. The second-order valence-electron chi connectivity index (χ2n) is 10.1. The number of hydrogen-bond acceptors (Lipinski definition) is 7. The van der Waals surface area contributed by atoms with Crippen LogP contribution in [0.25, 0.3) is 32.9 Å². The predicted octanol–water partition coefficient (Wildman–Crippen LogP) is 7.56. The van der Waals surface area contributed by atoms with Crippen molar-refractivity contribution in [2.24, 2.45) is 0 Å². The van der Waals surface area contributed by atoms with Gasteiger partial charge >= 0.3 is 6.09 Å². The Morgan fingerprint density at radius 3 is 2.29 bits per heavy atom. The largest absolute Gasteiger partial charge is 0.444 e. The highest BCUT2D eigenvalue weighted by atomic mass is 35.5. The molecule has 0 saturated carbocycles. The second kappa shape index (κ2) is 13.6. The molecule has 3 heterocycles. The minimum Gasteiger partial charge on any atom is -0.444 e. The first-order valence-electron chi connectivity index (χ1n) is 13.6. The van der Waals surface area contributed by atoms with Crippen LogP contribution in [0.1, 0.15) is 47.4 Å². The Balaban J connectivity index is 0.000000868. The molecule has 0 radical (unpaired) electrons. The highest BCUT2D eigenvalue weighted by Crippen LogP contribution is 2.36. The van der Waals surface area contributed by atoms with Crippen molar-refractivity contribution in [3.05, 3.63) is 59.3 Å². The normalized spacial score (nSPS) is 13.1. The number of rotatable bonds is 2. The van der Waals surface area contributed by atoms with Gasteiger partial charge in [0.2, 0.25) is 0 Å². The Morgan fingerprint density at radius 1 is 1.07 bits per heavy atom. The predicted molar refractivity (Wildman–Crippen MR) is 163 cm³/mol. The molecule has 0 atom stereocenters. The van der Waals surface area contributed by atoms with Crippen LogP contribution in [0.5, 0.6) is 0 Å². The minimum atomic E-state index is -0.552. The number of halogens is 2. The maximum absolute atomic E-state index is 16.0. The zero-order chi connectivity index (χ0) is 30.3. The van der Waals surface area contributed by atoms with Crippen molar-refractivity contribution in [2.45, 2.75) is 54.1 Å². The monoisotopic (exact) mass is 578 g/mol. The molecule has 1 aliphatic rings. The van der Waals surface area contributed by atoms with Gasteiger partial charge < -0.3 is 14.5 Å². The number of carbonyl (C=O) groups excluding carboxylic acids is 1. The molecular formula is C31H36ClFN6O2. The molecule has 5 rings (SSSR count). The van der Waals surface area contributed by atoms with E-state index in [0.29, 0.717) is 53.8 Å². The Labute approximate surface area is 245 Å². The molecular weight excluding hydrogens is 543 g/mol. The van der Waals surface area contributed by atoms with E-state index in [2.05, 4.69) is 15.0 Å². The van der Waals surface area contributed by atoms with Gasteiger partial charge in [-0.2, -0.15) is 5.26 Å². The molecule has 41 heavy (non-hydrogen) atoms. The van der Waals surface area contributed by atoms with E-state index < -0.39 is 11.4 Å². The zero-order valence-electron chi connectivity index (χ0n) is 24.6. The molecule has 0 N–H and O–H groups in total. The number of pyridine rings is 1. The molecule has 2 aromatic heterocycles. The number of aryl methyl sites for hydroxylation is 1. The van der Waals surface area contributed by atoms with Gasteiger partial charge in [-0.3, -0.25) is 4.98 Å². The van der Waals surface area contributed by atoms with Crippen molar-refractivity contribution in [1.29, 1.82) is 5.26 Å². The number of nitriles is 1. The molecule has 1 aliphatic heterocycles. The highest BCUT2D eigenvalue weighted by molar-refractivity contribution is 6.36. The number of ether oxygens (including phenoxy) is 1. The average Bonchev–Trinajstić information content (AvgIpc) is 2.94. The van der Waals surface area contributed by atoms with E-state index in [1.165, 1.54) is 6.92 Å². The molecule has 0 unspecified atom stereocenters. The van der Waals surface area contributed by atoms with Crippen LogP contribution in [-0.4, -0.2) is 57.7 Å². The lowest BCUT2D eigenvalue weighted by Gasteiger charge is -2.36. The summed E-state index contributed by atoms with van der Waals surface area (Å²) in [5, 5.41) is 10.0. The van der Waals surface area contributed by atoms with E-state index in [1.807, 2.05) is 69.9 Å². The third kappa shape index (κ3) is 7.19. The number of anilines is 1. The van der Waals surface area contributed by atoms with Gasteiger partial charge in [0.25, 0.3) is 0 Å². The highest BCUT2D eigenvalue weighted by Gasteiger charge is 2.28. The van der Waals surface area contributed by atoms with Gasteiger partial charge in [-0.25, -0.2) is 19.2 Å². The number of nitrogens with zero attached hydrogens (tertiary/aromatic N) is 6. The van der Waals surface area contributed by atoms with Gasteiger partial charge in [-0.1, -0.05) is 55.8 Å². The third-order valence-corrected chi connectivity index (χ3v) is 6.43. The maximum Gasteiger partial charge on any atom is 0.410 e. The molecule has 4 aromatic rings. The summed E-state index contributed by atoms with van der Waals surface area (Å²) in [6.45, 7) is 14.7. The van der Waals surface area contributed by atoms with Crippen molar-refractivity contribution in [3.63, 3.8) is 0 Å². The summed E-state index contributed by atoms with van der Waals surface area (Å²) < 4.78 is 21.5. The quantitative estimate of drug-likeness (QED) is 0.242. The third-order valence-electron chi connectivity index (χ3n) is 6.12. The number of fused-ring (bicyclic) bond motifs is 2. The number of aromatic nitrogens is 3. The number of hydrogen-bond donors (Lipinski definition) is 0. The molecule has 0 spiro atoms. The topological polar surface area (TPSA) is 95.2 Å². The standard InChI is InChI=1S/C27H27ClFN5O2.C2H3N.C2H6/c1-16-31-24-19(25(32-16)33-11-13-34(14-12-33)26(35)36-27(2,3)4)15-30-23(22(24)29)18-9-5-7-17-8-6-10-20(28)21(17)18;1-2-3;1-2/h5-10,15H,11-14H2,1-4H3;1H3;1-2H3. The van der Waals surface area contributed by atoms with Crippen LogP contribution < -0.4 is 4.90 Å². The number of benzene rings is 2. The first kappa shape index (κ1) is 31.5. The smallest absolute Gasteiger partial charge is 0.410 e. The van der Waals surface area contributed by atoms with Crippen LogP contribution in [-0.2, 0) is 4.74 Å². The fourth-order valence-corrected chi connectivity index (χ4v) is 4.78. The SMILES string of the molecule is CC.CC#N.Cc1nc(N2CCN(C(=O)OC(C)(C)C)CC2)c2cnc(-c3cccc4cccc(Cl)c34)c(F)c2n1. The molecule has 216 valence electrons. The first-order valence-corrected chi connectivity index (χ1v) is 14.0. The lowest BCUT2D eigenvalue weighted by Crippen LogP contribution is -2.50. The Kier molecular flexibility index (Phi) is 10.4. The number of carbonyl (C=O) groups is 1. The lowest BCUT2D eigenvalue weighted by molar-refractivity contribution is 0.0240. The summed E-state index contributed by atoms with van der Waals surface area (Å²) in [5.74, 6) is 0.549. The Morgan fingerprint density at radius 2 is 1.68 bits per heavy atom. The second-order valence-corrected chi connectivity index (χ2v) is 10.5. The molecule has 1 saturated heterocycles. The molecule has 1 amide bonds. The Hall–Kier alpha value is -4.03. The van der Waals surface area contributed by atoms with E-state index in [1.54, 1.807) is 30.2 Å². The van der Waals surface area contributed by atoms with Gasteiger partial charge in [0.05, 0.1) is 11.5 Å². The fraction of sp³-hybridized carbons (Fsp3) is 0.387. The number of piperazine rings is 1. The van der Waals surface area contributed by atoms with Crippen LogP contribution in [0, 0.1) is 24.1 Å². The van der Waals surface area contributed by atoms with Crippen molar-refractivity contribution < 1.29 is 13.9 Å². The zero-order valence-corrected chi connectivity index (χ0v) is 25.4. The summed E-state index contributed by atoms with van der Waals surface area (Å²) in [6, 6.07) is 12.9. The van der Waals surface area contributed by atoms with Gasteiger partial charge in [0.15, 0.2) is 5.82 Å². The van der Waals surface area contributed by atoms with Crippen molar-refractivity contribution >= 4 is 45.2 Å². The van der Waals surface area contributed by atoms with E-state index in [9.17, 15) is 4.79 Å². The van der Waals surface area contributed by atoms with E-state index >= 15 is 4.39 Å². The molecule has 10 heteroatoms. The Bertz CT molecular complexity index is 1570. The van der Waals surface area contributed by atoms with Crippen LogP contribution >= 0.6 is 11.6 Å². The van der Waals surface area contributed by atoms with Gasteiger partial charge in [0.1, 0.15) is 28.5 Å². The molecule has 0 bridgehead atoms. The maximum atomic E-state index is 16.0. The van der Waals surface area contributed by atoms with Crippen molar-refractivity contribution in [1.82, 2.24) is 19.9 Å². The molecule has 1 fully saturated rings. The van der Waals surface area contributed by atoms with Gasteiger partial charge in [0, 0.05) is 55.3 Å². The minimum absolute atomic E-state index is 0.194.